The van der Waals surface area contributed by atoms with Crippen LogP contribution in [0.4, 0.5) is 0 Å². The van der Waals surface area contributed by atoms with Gasteiger partial charge in [-0.3, -0.25) is 4.79 Å². The molecule has 0 atom stereocenters. The lowest BCUT2D eigenvalue weighted by Crippen LogP contribution is -2.43. The van der Waals surface area contributed by atoms with Crippen LogP contribution in [-0.2, 0) is 11.2 Å². The molecule has 0 aliphatic carbocycles. The van der Waals surface area contributed by atoms with Crippen molar-refractivity contribution >= 4 is 16.7 Å². The minimum absolute atomic E-state index is 0.235. The number of carbonyl (C=O) groups is 1. The van der Waals surface area contributed by atoms with Gasteiger partial charge < -0.3 is 15.0 Å². The Bertz CT molecular complexity index is 728. The molecule has 0 aliphatic heterocycles. The first kappa shape index (κ1) is 20.2. The Morgan fingerprint density at radius 1 is 1.19 bits per heavy atom. The number of ether oxygens (including phenoxy) is 1. The first-order valence-electron chi connectivity index (χ1n) is 9.53. The number of fused-ring (bicyclic) bond motifs is 1. The van der Waals surface area contributed by atoms with Gasteiger partial charge in [0.05, 0.1) is 20.6 Å². The number of pyridine rings is 1. The molecule has 0 bridgehead atoms. The molecule has 2 aromatic rings. The van der Waals surface area contributed by atoms with Crippen molar-refractivity contribution in [1.82, 2.24) is 4.98 Å². The van der Waals surface area contributed by atoms with Gasteiger partial charge in [0.2, 0.25) is 11.8 Å². The fourth-order valence-electron chi connectivity index (χ4n) is 3.00. The normalized spacial score (nSPS) is 11.7. The maximum Gasteiger partial charge on any atom is 0.221 e. The highest BCUT2D eigenvalue weighted by atomic mass is 16.5. The number of aryl methyl sites for hydroxylation is 1. The number of aromatic nitrogens is 1. The van der Waals surface area contributed by atoms with Crippen molar-refractivity contribution in [3.8, 4) is 5.88 Å². The van der Waals surface area contributed by atoms with E-state index in [-0.39, 0.29) is 5.91 Å². The number of hydrogen-bond donors (Lipinski definition) is 1. The van der Waals surface area contributed by atoms with Crippen LogP contribution in [-0.4, -0.2) is 49.2 Å². The van der Waals surface area contributed by atoms with Crippen molar-refractivity contribution in [2.24, 2.45) is 5.73 Å². The first-order chi connectivity index (χ1) is 12.4. The van der Waals surface area contributed by atoms with E-state index in [0.717, 1.165) is 60.2 Å². The molecule has 0 aliphatic rings. The topological polar surface area (TPSA) is 65.2 Å². The summed E-state index contributed by atoms with van der Waals surface area (Å²) in [4.78, 5) is 15.7. The number of benzene rings is 1. The molecule has 142 valence electrons. The standard InChI is InChI=1S/C21H31N3O2/c1-4-5-10-18-16-17-9-6-7-11-19(17)21(23-18)26-15-14-24(2,3)13-8-12-20(22)25/h6-7,9,11,16H,4-5,8,10,12-15H2,1-3H3,(H-,22,25)/p+1. The molecule has 1 aromatic heterocycles. The van der Waals surface area contributed by atoms with Crippen molar-refractivity contribution in [3.05, 3.63) is 36.0 Å². The second kappa shape index (κ2) is 9.53. The molecule has 0 fully saturated rings. The highest BCUT2D eigenvalue weighted by Gasteiger charge is 2.16. The third kappa shape index (κ3) is 6.30. The zero-order valence-corrected chi connectivity index (χ0v) is 16.3. The van der Waals surface area contributed by atoms with Crippen molar-refractivity contribution in [3.63, 3.8) is 0 Å². The van der Waals surface area contributed by atoms with E-state index in [1.807, 2.05) is 6.07 Å². The number of amides is 1. The van der Waals surface area contributed by atoms with Crippen LogP contribution in [0.5, 0.6) is 5.88 Å². The number of nitrogens with zero attached hydrogens (tertiary/aromatic N) is 2. The molecule has 0 radical (unpaired) electrons. The molecule has 1 amide bonds. The lowest BCUT2D eigenvalue weighted by Gasteiger charge is -2.29. The van der Waals surface area contributed by atoms with Gasteiger partial charge in [-0.2, -0.15) is 0 Å². The number of likely N-dealkylation sites (N-methyl/N-ethyl adjacent to an activating group) is 1. The molecule has 1 heterocycles. The van der Waals surface area contributed by atoms with E-state index in [1.165, 1.54) is 5.39 Å². The summed E-state index contributed by atoms with van der Waals surface area (Å²) in [6.07, 6.45) is 4.51. The average molecular weight is 359 g/mol. The molecule has 2 rings (SSSR count). The Hall–Kier alpha value is -2.14. The summed E-state index contributed by atoms with van der Waals surface area (Å²) < 4.78 is 6.88. The van der Waals surface area contributed by atoms with E-state index in [4.69, 9.17) is 15.5 Å². The average Bonchev–Trinajstić information content (AvgIpc) is 2.59. The Morgan fingerprint density at radius 2 is 1.96 bits per heavy atom. The molecule has 0 unspecified atom stereocenters. The van der Waals surface area contributed by atoms with Gasteiger partial charge in [-0.1, -0.05) is 31.5 Å². The summed E-state index contributed by atoms with van der Waals surface area (Å²) in [5, 5.41) is 2.24. The molecule has 26 heavy (non-hydrogen) atoms. The van der Waals surface area contributed by atoms with Gasteiger partial charge >= 0.3 is 0 Å². The fourth-order valence-corrected chi connectivity index (χ4v) is 3.00. The number of unbranched alkanes of at least 4 members (excludes halogenated alkanes) is 1. The third-order valence-corrected chi connectivity index (χ3v) is 4.67. The monoisotopic (exact) mass is 358 g/mol. The van der Waals surface area contributed by atoms with E-state index in [0.29, 0.717) is 13.0 Å². The predicted octanol–water partition coefficient (Wildman–Crippen LogP) is 3.30. The molecular formula is C21H32N3O2+. The van der Waals surface area contributed by atoms with Gasteiger partial charge in [-0.15, -0.1) is 0 Å². The second-order valence-corrected chi connectivity index (χ2v) is 7.54. The van der Waals surface area contributed by atoms with Crippen molar-refractivity contribution in [1.29, 1.82) is 0 Å². The van der Waals surface area contributed by atoms with E-state index < -0.39 is 0 Å². The summed E-state index contributed by atoms with van der Waals surface area (Å²) in [6.45, 7) is 4.54. The lowest BCUT2D eigenvalue weighted by molar-refractivity contribution is -0.890. The Labute approximate surface area is 156 Å². The van der Waals surface area contributed by atoms with E-state index in [9.17, 15) is 4.79 Å². The van der Waals surface area contributed by atoms with Crippen LogP contribution in [0.1, 0.15) is 38.3 Å². The molecule has 0 saturated heterocycles. The minimum Gasteiger partial charge on any atom is -0.471 e. The van der Waals surface area contributed by atoms with Crippen LogP contribution < -0.4 is 10.5 Å². The van der Waals surface area contributed by atoms with Crippen LogP contribution in [0.15, 0.2) is 30.3 Å². The van der Waals surface area contributed by atoms with Crippen LogP contribution in [0.2, 0.25) is 0 Å². The smallest absolute Gasteiger partial charge is 0.221 e. The van der Waals surface area contributed by atoms with Gasteiger partial charge in [0.1, 0.15) is 13.2 Å². The zero-order valence-electron chi connectivity index (χ0n) is 16.3. The second-order valence-electron chi connectivity index (χ2n) is 7.54. The molecular weight excluding hydrogens is 326 g/mol. The van der Waals surface area contributed by atoms with Gasteiger partial charge in [0, 0.05) is 23.9 Å². The summed E-state index contributed by atoms with van der Waals surface area (Å²) in [7, 11) is 4.29. The van der Waals surface area contributed by atoms with Gasteiger partial charge in [-0.05, 0) is 30.4 Å². The lowest BCUT2D eigenvalue weighted by atomic mass is 10.1. The molecule has 0 spiro atoms. The summed E-state index contributed by atoms with van der Waals surface area (Å²) in [5.74, 6) is 0.493. The van der Waals surface area contributed by atoms with Crippen LogP contribution >= 0.6 is 0 Å². The number of rotatable bonds is 11. The molecule has 0 saturated carbocycles. The molecule has 1 aromatic carbocycles. The van der Waals surface area contributed by atoms with E-state index >= 15 is 0 Å². The van der Waals surface area contributed by atoms with Crippen molar-refractivity contribution in [2.75, 3.05) is 33.8 Å². The molecule has 5 nitrogen and oxygen atoms in total. The third-order valence-electron chi connectivity index (χ3n) is 4.67. The van der Waals surface area contributed by atoms with E-state index in [2.05, 4.69) is 45.3 Å². The molecule has 2 N–H and O–H groups in total. The Morgan fingerprint density at radius 3 is 2.69 bits per heavy atom. The number of quaternary nitrogens is 1. The summed E-state index contributed by atoms with van der Waals surface area (Å²) in [5.41, 5.74) is 6.31. The molecule has 5 heteroatoms. The zero-order chi connectivity index (χ0) is 19.0. The number of hydrogen-bond acceptors (Lipinski definition) is 3. The van der Waals surface area contributed by atoms with Crippen molar-refractivity contribution in [2.45, 2.75) is 39.0 Å². The maximum atomic E-state index is 10.9. The summed E-state index contributed by atoms with van der Waals surface area (Å²) in [6, 6.07) is 10.4. The van der Waals surface area contributed by atoms with Crippen molar-refractivity contribution < 1.29 is 14.0 Å². The highest BCUT2D eigenvalue weighted by Crippen LogP contribution is 2.25. The quantitative estimate of drug-likeness (QED) is 0.627. The predicted molar refractivity (Wildman–Crippen MR) is 106 cm³/mol. The van der Waals surface area contributed by atoms with Gasteiger partial charge in [-0.25, -0.2) is 4.98 Å². The first-order valence-corrected chi connectivity index (χ1v) is 9.53. The Balaban J connectivity index is 2.01. The SMILES string of the molecule is CCCCc1cc2ccccc2c(OCC[N+](C)(C)CCCC(N)=O)n1. The van der Waals surface area contributed by atoms with Crippen LogP contribution in [0.3, 0.4) is 0 Å². The maximum absolute atomic E-state index is 10.9. The van der Waals surface area contributed by atoms with Gasteiger partial charge in [0.25, 0.3) is 0 Å². The minimum atomic E-state index is -0.235. The van der Waals surface area contributed by atoms with Crippen LogP contribution in [0.25, 0.3) is 10.8 Å². The number of primary amides is 1. The highest BCUT2D eigenvalue weighted by molar-refractivity contribution is 5.87. The Kier molecular flexibility index (Phi) is 7.39. The number of carbonyl (C=O) groups excluding carboxylic acids is 1. The summed E-state index contributed by atoms with van der Waals surface area (Å²) >= 11 is 0. The largest absolute Gasteiger partial charge is 0.471 e. The fraction of sp³-hybridized carbons (Fsp3) is 0.524. The van der Waals surface area contributed by atoms with Crippen LogP contribution in [0, 0.1) is 0 Å². The van der Waals surface area contributed by atoms with Gasteiger partial charge in [0.15, 0.2) is 0 Å². The van der Waals surface area contributed by atoms with E-state index in [1.54, 1.807) is 0 Å². The number of nitrogens with two attached hydrogens (primary N) is 1.